The lowest BCUT2D eigenvalue weighted by Gasteiger charge is -2.08. The van der Waals surface area contributed by atoms with Crippen LogP contribution in [-0.4, -0.2) is 5.78 Å². The standard InChI is InChI=1S/C13H7ClFNO2/c14-11-6-8(15)3-4-9(11)10(7-16)13(17)12-2-1-5-18-12/h1-6,10H. The molecular formula is C13H7ClFNO2. The van der Waals surface area contributed by atoms with Crippen LogP contribution in [-0.2, 0) is 0 Å². The molecule has 5 heteroatoms. The SMILES string of the molecule is N#CC(C(=O)c1ccco1)c1ccc(F)cc1Cl. The highest BCUT2D eigenvalue weighted by molar-refractivity contribution is 6.31. The Bertz CT molecular complexity index is 616. The van der Waals surface area contributed by atoms with E-state index in [4.69, 9.17) is 21.3 Å². The molecule has 0 aliphatic carbocycles. The van der Waals surface area contributed by atoms with Crippen LogP contribution in [0.1, 0.15) is 22.0 Å². The Morgan fingerprint density at radius 2 is 2.22 bits per heavy atom. The van der Waals surface area contributed by atoms with Gasteiger partial charge >= 0.3 is 0 Å². The van der Waals surface area contributed by atoms with Crippen LogP contribution in [0.4, 0.5) is 4.39 Å². The van der Waals surface area contributed by atoms with Crippen LogP contribution in [0.15, 0.2) is 41.0 Å². The van der Waals surface area contributed by atoms with E-state index in [2.05, 4.69) is 0 Å². The molecule has 0 N–H and O–H groups in total. The monoisotopic (exact) mass is 263 g/mol. The third-order valence-electron chi connectivity index (χ3n) is 2.43. The van der Waals surface area contributed by atoms with Crippen molar-refractivity contribution in [2.75, 3.05) is 0 Å². The molecule has 1 heterocycles. The summed E-state index contributed by atoms with van der Waals surface area (Å²) in [6.07, 6.45) is 1.34. The average Bonchev–Trinajstić information content (AvgIpc) is 2.86. The van der Waals surface area contributed by atoms with Crippen LogP contribution >= 0.6 is 11.6 Å². The number of benzene rings is 1. The van der Waals surface area contributed by atoms with Crippen molar-refractivity contribution in [3.63, 3.8) is 0 Å². The van der Waals surface area contributed by atoms with E-state index in [1.54, 1.807) is 6.07 Å². The Morgan fingerprint density at radius 3 is 2.78 bits per heavy atom. The summed E-state index contributed by atoms with van der Waals surface area (Å²) in [6.45, 7) is 0. The fourth-order valence-electron chi connectivity index (χ4n) is 1.57. The molecule has 18 heavy (non-hydrogen) atoms. The van der Waals surface area contributed by atoms with Gasteiger partial charge in [-0.25, -0.2) is 4.39 Å². The first-order valence-electron chi connectivity index (χ1n) is 5.05. The smallest absolute Gasteiger partial charge is 0.219 e. The van der Waals surface area contributed by atoms with Crippen LogP contribution in [0, 0.1) is 17.1 Å². The van der Waals surface area contributed by atoms with E-state index in [9.17, 15) is 9.18 Å². The van der Waals surface area contributed by atoms with Gasteiger partial charge in [0.15, 0.2) is 5.76 Å². The first-order chi connectivity index (χ1) is 8.63. The van der Waals surface area contributed by atoms with E-state index in [0.29, 0.717) is 0 Å². The summed E-state index contributed by atoms with van der Waals surface area (Å²) < 4.78 is 17.9. The van der Waals surface area contributed by atoms with Gasteiger partial charge in [0, 0.05) is 5.02 Å². The summed E-state index contributed by atoms with van der Waals surface area (Å²) in [5.41, 5.74) is 0.266. The third-order valence-corrected chi connectivity index (χ3v) is 2.76. The summed E-state index contributed by atoms with van der Waals surface area (Å²) in [7, 11) is 0. The van der Waals surface area contributed by atoms with Gasteiger partial charge < -0.3 is 4.42 Å². The molecule has 0 bridgehead atoms. The van der Waals surface area contributed by atoms with Gasteiger partial charge in [0.2, 0.25) is 5.78 Å². The van der Waals surface area contributed by atoms with Crippen molar-refractivity contribution in [3.8, 4) is 6.07 Å². The fourth-order valence-corrected chi connectivity index (χ4v) is 1.84. The topological polar surface area (TPSA) is 54.0 Å². The summed E-state index contributed by atoms with van der Waals surface area (Å²) in [5, 5.41) is 9.12. The maximum atomic E-state index is 12.9. The number of halogens is 2. The van der Waals surface area contributed by atoms with Gasteiger partial charge in [0.25, 0.3) is 0 Å². The Kier molecular flexibility index (Phi) is 3.45. The number of nitrogens with zero attached hydrogens (tertiary/aromatic N) is 1. The average molecular weight is 264 g/mol. The Balaban J connectivity index is 2.41. The first kappa shape index (κ1) is 12.3. The molecule has 1 aromatic heterocycles. The Morgan fingerprint density at radius 1 is 1.44 bits per heavy atom. The molecule has 0 fully saturated rings. The van der Waals surface area contributed by atoms with Crippen molar-refractivity contribution in [2.24, 2.45) is 0 Å². The second-order valence-corrected chi connectivity index (χ2v) is 3.98. The molecule has 1 atom stereocenters. The van der Waals surface area contributed by atoms with Crippen molar-refractivity contribution in [1.82, 2.24) is 0 Å². The number of carbonyl (C=O) groups is 1. The minimum Gasteiger partial charge on any atom is -0.461 e. The molecule has 0 saturated heterocycles. The minimum absolute atomic E-state index is 0.0430. The predicted molar refractivity (Wildman–Crippen MR) is 62.8 cm³/mol. The molecule has 90 valence electrons. The fraction of sp³-hybridized carbons (Fsp3) is 0.0769. The molecule has 0 saturated carbocycles. The lowest BCUT2D eigenvalue weighted by Crippen LogP contribution is -2.11. The molecule has 0 radical (unpaired) electrons. The minimum atomic E-state index is -1.11. The number of Topliss-reactive ketones (excluding diaryl/α,β-unsaturated/α-hetero) is 1. The number of ketones is 1. The zero-order valence-corrected chi connectivity index (χ0v) is 9.82. The summed E-state index contributed by atoms with van der Waals surface area (Å²) in [5.74, 6) is -2.06. The summed E-state index contributed by atoms with van der Waals surface area (Å²) >= 11 is 5.83. The van der Waals surface area contributed by atoms with Crippen LogP contribution < -0.4 is 0 Å². The van der Waals surface area contributed by atoms with Gasteiger partial charge in [-0.2, -0.15) is 5.26 Å². The lowest BCUT2D eigenvalue weighted by atomic mass is 9.95. The number of rotatable bonds is 3. The number of nitriles is 1. The second-order valence-electron chi connectivity index (χ2n) is 3.57. The number of furan rings is 1. The molecule has 1 unspecified atom stereocenters. The predicted octanol–water partition coefficient (Wildman–Crippen LogP) is 3.56. The van der Waals surface area contributed by atoms with E-state index in [1.807, 2.05) is 6.07 Å². The molecule has 2 aromatic rings. The van der Waals surface area contributed by atoms with Gasteiger partial charge in [0.05, 0.1) is 12.3 Å². The van der Waals surface area contributed by atoms with Gasteiger partial charge in [-0.05, 0) is 29.8 Å². The zero-order valence-electron chi connectivity index (χ0n) is 9.06. The number of carbonyl (C=O) groups excluding carboxylic acids is 1. The molecule has 0 aliphatic heterocycles. The van der Waals surface area contributed by atoms with E-state index in [1.165, 1.54) is 18.4 Å². The number of hydrogen-bond donors (Lipinski definition) is 0. The summed E-state index contributed by atoms with van der Waals surface area (Å²) in [4.78, 5) is 12.0. The zero-order chi connectivity index (χ0) is 13.1. The van der Waals surface area contributed by atoms with Crippen molar-refractivity contribution in [3.05, 3.63) is 58.8 Å². The summed E-state index contributed by atoms with van der Waals surface area (Å²) in [6, 6.07) is 8.41. The number of hydrogen-bond acceptors (Lipinski definition) is 3. The molecule has 0 amide bonds. The van der Waals surface area contributed by atoms with Crippen LogP contribution in [0.2, 0.25) is 5.02 Å². The normalized spacial score (nSPS) is 11.8. The molecule has 0 spiro atoms. The third kappa shape index (κ3) is 2.27. The highest BCUT2D eigenvalue weighted by atomic mass is 35.5. The van der Waals surface area contributed by atoms with E-state index in [-0.39, 0.29) is 16.3 Å². The highest BCUT2D eigenvalue weighted by Gasteiger charge is 2.26. The molecule has 1 aromatic carbocycles. The van der Waals surface area contributed by atoms with Crippen molar-refractivity contribution < 1.29 is 13.6 Å². The van der Waals surface area contributed by atoms with Gasteiger partial charge in [0.1, 0.15) is 11.7 Å². The maximum Gasteiger partial charge on any atom is 0.219 e. The van der Waals surface area contributed by atoms with Gasteiger partial charge in [-0.3, -0.25) is 4.79 Å². The van der Waals surface area contributed by atoms with Crippen molar-refractivity contribution >= 4 is 17.4 Å². The highest BCUT2D eigenvalue weighted by Crippen LogP contribution is 2.28. The largest absolute Gasteiger partial charge is 0.461 e. The van der Waals surface area contributed by atoms with Gasteiger partial charge in [-0.15, -0.1) is 0 Å². The Labute approximate surface area is 107 Å². The van der Waals surface area contributed by atoms with E-state index < -0.39 is 17.5 Å². The Hall–Kier alpha value is -2.12. The van der Waals surface area contributed by atoms with Crippen LogP contribution in [0.5, 0.6) is 0 Å². The van der Waals surface area contributed by atoms with E-state index >= 15 is 0 Å². The second kappa shape index (κ2) is 5.03. The van der Waals surface area contributed by atoms with Crippen molar-refractivity contribution in [2.45, 2.75) is 5.92 Å². The van der Waals surface area contributed by atoms with E-state index in [0.717, 1.165) is 12.1 Å². The first-order valence-corrected chi connectivity index (χ1v) is 5.43. The molecule has 2 rings (SSSR count). The van der Waals surface area contributed by atoms with Crippen LogP contribution in [0.3, 0.4) is 0 Å². The molecule has 3 nitrogen and oxygen atoms in total. The van der Waals surface area contributed by atoms with Crippen molar-refractivity contribution in [1.29, 1.82) is 5.26 Å². The molecular weight excluding hydrogens is 257 g/mol. The van der Waals surface area contributed by atoms with Crippen LogP contribution in [0.25, 0.3) is 0 Å². The quantitative estimate of drug-likeness (QED) is 0.796. The maximum absolute atomic E-state index is 12.9. The van der Waals surface area contributed by atoms with Gasteiger partial charge in [-0.1, -0.05) is 17.7 Å². The molecule has 0 aliphatic rings. The lowest BCUT2D eigenvalue weighted by molar-refractivity contribution is 0.0952.